The fourth-order valence-electron chi connectivity index (χ4n) is 2.33. The Morgan fingerprint density at radius 3 is 1.79 bits per heavy atom. The van der Waals surface area contributed by atoms with Crippen LogP contribution in [0.1, 0.15) is 11.1 Å². The Bertz CT molecular complexity index is 755. The minimum Gasteiger partial charge on any atom is -0.493 e. The number of hydrogen-bond acceptors (Lipinski definition) is 3. The van der Waals surface area contributed by atoms with Crippen LogP contribution in [0.3, 0.4) is 0 Å². The van der Waals surface area contributed by atoms with E-state index in [9.17, 15) is 0 Å². The molecular weight excluding hydrogens is 300 g/mol. The largest absolute Gasteiger partial charge is 0.493 e. The third-order valence-corrected chi connectivity index (χ3v) is 3.62. The molecule has 0 fully saturated rings. The highest BCUT2D eigenvalue weighted by atomic mass is 16.5. The van der Waals surface area contributed by atoms with E-state index in [0.29, 0.717) is 24.7 Å². The molecule has 0 spiro atoms. The molecule has 0 aliphatic heterocycles. The Hall–Kier alpha value is -2.94. The summed E-state index contributed by atoms with van der Waals surface area (Å²) >= 11 is 0. The number of rotatable bonds is 7. The van der Waals surface area contributed by atoms with Gasteiger partial charge in [-0.15, -0.1) is 0 Å². The molecule has 3 rings (SSSR count). The van der Waals surface area contributed by atoms with E-state index in [2.05, 4.69) is 0 Å². The highest BCUT2D eigenvalue weighted by molar-refractivity contribution is 5.45. The topological polar surface area (TPSA) is 27.7 Å². The predicted molar refractivity (Wildman–Crippen MR) is 94.5 cm³/mol. The number of benzene rings is 3. The van der Waals surface area contributed by atoms with Crippen molar-refractivity contribution >= 4 is 0 Å². The van der Waals surface area contributed by atoms with Crippen LogP contribution in [-0.4, -0.2) is 7.11 Å². The van der Waals surface area contributed by atoms with Gasteiger partial charge in [-0.2, -0.15) is 0 Å². The van der Waals surface area contributed by atoms with Crippen LogP contribution in [0.4, 0.5) is 0 Å². The molecule has 122 valence electrons. The first-order valence-electron chi connectivity index (χ1n) is 7.86. The molecular formula is C21H20O3. The first-order chi connectivity index (χ1) is 11.8. The van der Waals surface area contributed by atoms with Crippen molar-refractivity contribution in [1.29, 1.82) is 0 Å². The molecule has 24 heavy (non-hydrogen) atoms. The van der Waals surface area contributed by atoms with E-state index in [0.717, 1.165) is 16.9 Å². The quantitative estimate of drug-likeness (QED) is 0.622. The molecule has 3 aromatic carbocycles. The van der Waals surface area contributed by atoms with Gasteiger partial charge in [-0.25, -0.2) is 0 Å². The lowest BCUT2D eigenvalue weighted by Crippen LogP contribution is -1.99. The minimum absolute atomic E-state index is 0.501. The van der Waals surface area contributed by atoms with Crippen molar-refractivity contribution in [3.8, 4) is 17.2 Å². The van der Waals surface area contributed by atoms with E-state index in [4.69, 9.17) is 14.2 Å². The van der Waals surface area contributed by atoms with Crippen LogP contribution < -0.4 is 14.2 Å². The highest BCUT2D eigenvalue weighted by Gasteiger charge is 2.07. The van der Waals surface area contributed by atoms with Gasteiger partial charge in [0.2, 0.25) is 0 Å². The Labute approximate surface area is 142 Å². The Kier molecular flexibility index (Phi) is 5.36. The van der Waals surface area contributed by atoms with Crippen LogP contribution in [0.2, 0.25) is 0 Å². The van der Waals surface area contributed by atoms with E-state index < -0.39 is 0 Å². The highest BCUT2D eigenvalue weighted by Crippen LogP contribution is 2.32. The summed E-state index contributed by atoms with van der Waals surface area (Å²) in [6, 6.07) is 25.7. The molecule has 3 nitrogen and oxygen atoms in total. The van der Waals surface area contributed by atoms with E-state index in [1.54, 1.807) is 7.11 Å². The summed E-state index contributed by atoms with van der Waals surface area (Å²) in [7, 11) is 1.63. The van der Waals surface area contributed by atoms with Gasteiger partial charge in [0.25, 0.3) is 0 Å². The van der Waals surface area contributed by atoms with Crippen molar-refractivity contribution in [3.05, 3.63) is 90.0 Å². The Morgan fingerprint density at radius 1 is 0.625 bits per heavy atom. The van der Waals surface area contributed by atoms with Gasteiger partial charge >= 0.3 is 0 Å². The summed E-state index contributed by atoms with van der Waals surface area (Å²) in [5, 5.41) is 0. The molecule has 0 bridgehead atoms. The van der Waals surface area contributed by atoms with Crippen LogP contribution >= 0.6 is 0 Å². The van der Waals surface area contributed by atoms with Crippen LogP contribution in [0.5, 0.6) is 17.2 Å². The van der Waals surface area contributed by atoms with Gasteiger partial charge in [0.1, 0.15) is 19.0 Å². The van der Waals surface area contributed by atoms with Crippen LogP contribution in [0.25, 0.3) is 0 Å². The second-order valence-electron chi connectivity index (χ2n) is 5.36. The summed E-state index contributed by atoms with van der Waals surface area (Å²) in [6.07, 6.45) is 0. The molecule has 3 aromatic rings. The summed E-state index contributed by atoms with van der Waals surface area (Å²) < 4.78 is 17.1. The lowest BCUT2D eigenvalue weighted by molar-refractivity contribution is 0.278. The average molecular weight is 320 g/mol. The molecule has 3 heteroatoms. The fraction of sp³-hybridized carbons (Fsp3) is 0.143. The second kappa shape index (κ2) is 8.06. The Balaban J connectivity index is 1.64. The van der Waals surface area contributed by atoms with Crippen molar-refractivity contribution in [3.63, 3.8) is 0 Å². The van der Waals surface area contributed by atoms with Crippen molar-refractivity contribution in [2.24, 2.45) is 0 Å². The van der Waals surface area contributed by atoms with Crippen LogP contribution in [0, 0.1) is 0 Å². The maximum atomic E-state index is 5.85. The lowest BCUT2D eigenvalue weighted by Gasteiger charge is -2.13. The van der Waals surface area contributed by atoms with Crippen molar-refractivity contribution in [1.82, 2.24) is 0 Å². The van der Waals surface area contributed by atoms with Gasteiger partial charge in [-0.05, 0) is 23.3 Å². The minimum atomic E-state index is 0.501. The third-order valence-electron chi connectivity index (χ3n) is 3.62. The monoisotopic (exact) mass is 320 g/mol. The van der Waals surface area contributed by atoms with Gasteiger partial charge in [0.15, 0.2) is 11.5 Å². The van der Waals surface area contributed by atoms with Gasteiger partial charge in [-0.3, -0.25) is 0 Å². The predicted octanol–water partition coefficient (Wildman–Crippen LogP) is 4.85. The van der Waals surface area contributed by atoms with Crippen LogP contribution in [0.15, 0.2) is 78.9 Å². The molecule has 0 radical (unpaired) electrons. The zero-order valence-electron chi connectivity index (χ0n) is 13.6. The van der Waals surface area contributed by atoms with E-state index in [1.807, 2.05) is 78.9 Å². The average Bonchev–Trinajstić information content (AvgIpc) is 2.66. The molecule has 0 atom stereocenters. The molecule has 0 N–H and O–H groups in total. The van der Waals surface area contributed by atoms with Gasteiger partial charge in [0, 0.05) is 6.07 Å². The summed E-state index contributed by atoms with van der Waals surface area (Å²) in [6.45, 7) is 1.02. The van der Waals surface area contributed by atoms with Gasteiger partial charge in [-0.1, -0.05) is 60.7 Å². The molecule has 0 unspecified atom stereocenters. The SMILES string of the molecule is COc1cc(OCc2ccccc2)ccc1OCc1ccccc1. The Morgan fingerprint density at radius 2 is 1.21 bits per heavy atom. The molecule has 0 aromatic heterocycles. The van der Waals surface area contributed by atoms with Crippen LogP contribution in [-0.2, 0) is 13.2 Å². The normalized spacial score (nSPS) is 10.2. The van der Waals surface area contributed by atoms with Gasteiger partial charge in [0.05, 0.1) is 7.11 Å². The number of ether oxygens (including phenoxy) is 3. The van der Waals surface area contributed by atoms with E-state index in [1.165, 1.54) is 0 Å². The zero-order chi connectivity index (χ0) is 16.6. The number of hydrogen-bond donors (Lipinski definition) is 0. The molecule has 0 saturated heterocycles. The van der Waals surface area contributed by atoms with Crippen molar-refractivity contribution < 1.29 is 14.2 Å². The number of methoxy groups -OCH3 is 1. The summed E-state index contributed by atoms with van der Waals surface area (Å²) in [4.78, 5) is 0. The maximum Gasteiger partial charge on any atom is 0.164 e. The molecule has 0 amide bonds. The van der Waals surface area contributed by atoms with Gasteiger partial charge < -0.3 is 14.2 Å². The molecule has 0 aliphatic rings. The molecule has 0 heterocycles. The van der Waals surface area contributed by atoms with E-state index >= 15 is 0 Å². The molecule has 0 saturated carbocycles. The first kappa shape index (κ1) is 15.9. The smallest absolute Gasteiger partial charge is 0.164 e. The fourth-order valence-corrected chi connectivity index (χ4v) is 2.33. The van der Waals surface area contributed by atoms with Crippen molar-refractivity contribution in [2.75, 3.05) is 7.11 Å². The third kappa shape index (κ3) is 4.29. The second-order valence-corrected chi connectivity index (χ2v) is 5.36. The molecule has 0 aliphatic carbocycles. The standard InChI is InChI=1S/C21H20O3/c1-22-21-14-19(23-15-17-8-4-2-5-9-17)12-13-20(21)24-16-18-10-6-3-7-11-18/h2-14H,15-16H2,1H3. The zero-order valence-corrected chi connectivity index (χ0v) is 13.6. The maximum absolute atomic E-state index is 5.85. The summed E-state index contributed by atoms with van der Waals surface area (Å²) in [5.41, 5.74) is 2.24. The van der Waals surface area contributed by atoms with Crippen molar-refractivity contribution in [2.45, 2.75) is 13.2 Å². The van der Waals surface area contributed by atoms with E-state index in [-0.39, 0.29) is 0 Å². The first-order valence-corrected chi connectivity index (χ1v) is 7.86. The lowest BCUT2D eigenvalue weighted by atomic mass is 10.2. The summed E-state index contributed by atoms with van der Waals surface area (Å²) in [5.74, 6) is 2.12.